The Morgan fingerprint density at radius 1 is 0.277 bits per heavy atom. The van der Waals surface area contributed by atoms with Crippen LogP contribution in [-0.2, 0) is 0 Å². The average molecular weight is 832 g/mol. The summed E-state index contributed by atoms with van der Waals surface area (Å²) >= 11 is 0. The normalized spacial score (nSPS) is 11.7. The number of benzene rings is 9. The second kappa shape index (κ2) is 14.9. The van der Waals surface area contributed by atoms with Crippen LogP contribution < -0.4 is 0 Å². The van der Waals surface area contributed by atoms with Crippen LogP contribution in [0.3, 0.4) is 0 Å². The van der Waals surface area contributed by atoms with Crippen LogP contribution in [0.1, 0.15) is 0 Å². The molecule has 0 fully saturated rings. The van der Waals surface area contributed by atoms with Gasteiger partial charge in [0.2, 0.25) is 5.95 Å². The van der Waals surface area contributed by atoms with Crippen molar-refractivity contribution in [3.63, 3.8) is 0 Å². The molecule has 0 unspecified atom stereocenters. The summed E-state index contributed by atoms with van der Waals surface area (Å²) in [5.74, 6) is 2.60. The van der Waals surface area contributed by atoms with Gasteiger partial charge in [0.1, 0.15) is 11.3 Å². The Balaban J connectivity index is 1.17. The van der Waals surface area contributed by atoms with E-state index in [2.05, 4.69) is 214 Å². The molecule has 65 heavy (non-hydrogen) atoms. The molecule has 7 nitrogen and oxygen atoms in total. The van der Waals surface area contributed by atoms with Crippen molar-refractivity contribution in [2.24, 2.45) is 0 Å². The number of imidazole rings is 1. The fraction of sp³-hybridized carbons (Fsp3) is 0. The molecule has 0 aliphatic carbocycles. The standard InChI is InChI=1S/C58H37N7/c1-6-19-38(20-7-1)41-25-18-26-42(37-41)56-60-55(39-21-8-2-9-22-39)61-58(62-56)65-49-32-17-16-31-45(49)46-33-34-48-47-35-36-50-51(52(47)64(53(48)54(46)65)44-29-14-5-15-30-44)59-57(40-23-10-3-11-24-40)63(50)43-27-12-4-13-28-43/h1-37H. The Hall–Kier alpha value is -8.94. The van der Waals surface area contributed by atoms with Crippen molar-refractivity contribution in [3.8, 4) is 62.6 Å². The minimum atomic E-state index is 0.535. The number of para-hydroxylation sites is 3. The van der Waals surface area contributed by atoms with Crippen molar-refractivity contribution >= 4 is 54.6 Å². The van der Waals surface area contributed by atoms with Gasteiger partial charge in [-0.2, -0.15) is 9.97 Å². The predicted molar refractivity (Wildman–Crippen MR) is 265 cm³/mol. The Kier molecular flexibility index (Phi) is 8.39. The molecule has 0 radical (unpaired) electrons. The van der Waals surface area contributed by atoms with Crippen molar-refractivity contribution in [1.82, 2.24) is 33.6 Å². The van der Waals surface area contributed by atoms with Gasteiger partial charge < -0.3 is 4.57 Å². The molecule has 13 aromatic rings. The molecule has 0 aliphatic rings. The molecule has 0 atom stereocenters. The molecule has 0 amide bonds. The van der Waals surface area contributed by atoms with Crippen LogP contribution in [0.4, 0.5) is 0 Å². The molecular formula is C58H37N7. The van der Waals surface area contributed by atoms with Crippen LogP contribution in [0.2, 0.25) is 0 Å². The van der Waals surface area contributed by atoms with Gasteiger partial charge in [0.25, 0.3) is 0 Å². The van der Waals surface area contributed by atoms with E-state index in [-0.39, 0.29) is 0 Å². The summed E-state index contributed by atoms with van der Waals surface area (Å²) < 4.78 is 6.94. The van der Waals surface area contributed by atoms with Crippen molar-refractivity contribution in [3.05, 3.63) is 224 Å². The highest BCUT2D eigenvalue weighted by Crippen LogP contribution is 2.44. The lowest BCUT2D eigenvalue weighted by Gasteiger charge is -2.13. The first-order valence-electron chi connectivity index (χ1n) is 21.8. The first kappa shape index (κ1) is 36.7. The summed E-state index contributed by atoms with van der Waals surface area (Å²) in [7, 11) is 0. The SMILES string of the molecule is c1ccc(-c2cccc(-c3nc(-c4ccccc4)nc(-n4c5ccccc5c5ccc6c7ccc8c(nc(-c9ccccc9)n8-c8ccccc8)c7n(-c7ccccc7)c6c54)n3)c2)cc1. The Morgan fingerprint density at radius 3 is 1.46 bits per heavy atom. The molecule has 0 saturated carbocycles. The van der Waals surface area contributed by atoms with Gasteiger partial charge in [0.15, 0.2) is 11.6 Å². The lowest BCUT2D eigenvalue weighted by molar-refractivity contribution is 0.953. The van der Waals surface area contributed by atoms with Gasteiger partial charge in [-0.25, -0.2) is 9.97 Å². The van der Waals surface area contributed by atoms with Gasteiger partial charge in [-0.3, -0.25) is 9.13 Å². The smallest absolute Gasteiger partial charge is 0.238 e. The van der Waals surface area contributed by atoms with Crippen molar-refractivity contribution < 1.29 is 0 Å². The number of nitrogens with zero attached hydrogens (tertiary/aromatic N) is 7. The molecule has 9 aromatic carbocycles. The summed E-state index contributed by atoms with van der Waals surface area (Å²) in [6.45, 7) is 0. The van der Waals surface area contributed by atoms with E-state index < -0.39 is 0 Å². The minimum absolute atomic E-state index is 0.535. The molecule has 304 valence electrons. The number of rotatable bonds is 7. The molecule has 4 aromatic heterocycles. The van der Waals surface area contributed by atoms with Crippen LogP contribution in [0.15, 0.2) is 224 Å². The first-order chi connectivity index (χ1) is 32.3. The van der Waals surface area contributed by atoms with Crippen molar-refractivity contribution in [2.75, 3.05) is 0 Å². The Bertz CT molecular complexity index is 3910. The van der Waals surface area contributed by atoms with E-state index >= 15 is 0 Å². The molecule has 0 bridgehead atoms. The second-order valence-electron chi connectivity index (χ2n) is 16.3. The molecule has 7 heteroatoms. The molecule has 4 heterocycles. The van der Waals surface area contributed by atoms with Gasteiger partial charge in [0, 0.05) is 49.6 Å². The largest absolute Gasteiger partial charge is 0.305 e. The third-order valence-electron chi connectivity index (χ3n) is 12.5. The fourth-order valence-electron chi connectivity index (χ4n) is 9.61. The lowest BCUT2D eigenvalue weighted by atomic mass is 10.0. The van der Waals surface area contributed by atoms with Crippen molar-refractivity contribution in [1.29, 1.82) is 0 Å². The zero-order valence-electron chi connectivity index (χ0n) is 35.0. The maximum atomic E-state index is 5.59. The third kappa shape index (κ3) is 5.90. The summed E-state index contributed by atoms with van der Waals surface area (Å²) in [5.41, 5.74) is 13.1. The zero-order chi connectivity index (χ0) is 42.8. The highest BCUT2D eigenvalue weighted by Gasteiger charge is 2.26. The molecule has 13 rings (SSSR count). The van der Waals surface area contributed by atoms with E-state index in [1.54, 1.807) is 0 Å². The van der Waals surface area contributed by atoms with Gasteiger partial charge >= 0.3 is 0 Å². The van der Waals surface area contributed by atoms with E-state index in [0.717, 1.165) is 99.7 Å². The summed E-state index contributed by atoms with van der Waals surface area (Å²) in [5, 5.41) is 4.41. The van der Waals surface area contributed by atoms with Crippen LogP contribution in [0.25, 0.3) is 117 Å². The topological polar surface area (TPSA) is 66.3 Å². The molecule has 0 saturated heterocycles. The highest BCUT2D eigenvalue weighted by molar-refractivity contribution is 6.26. The molecule has 0 N–H and O–H groups in total. The van der Waals surface area contributed by atoms with E-state index in [1.807, 2.05) is 24.3 Å². The summed E-state index contributed by atoms with van der Waals surface area (Å²) in [4.78, 5) is 21.6. The Labute approximate surface area is 373 Å². The van der Waals surface area contributed by atoms with Gasteiger partial charge in [-0.1, -0.05) is 176 Å². The summed E-state index contributed by atoms with van der Waals surface area (Å²) in [6, 6.07) is 78.3. The minimum Gasteiger partial charge on any atom is -0.305 e. The zero-order valence-corrected chi connectivity index (χ0v) is 35.0. The quantitative estimate of drug-likeness (QED) is 0.160. The number of fused-ring (bicyclic) bond motifs is 9. The number of hydrogen-bond acceptors (Lipinski definition) is 4. The molecule has 0 spiro atoms. The molecular weight excluding hydrogens is 795 g/mol. The number of hydrogen-bond donors (Lipinski definition) is 0. The number of aromatic nitrogens is 7. The van der Waals surface area contributed by atoms with Gasteiger partial charge in [0.05, 0.1) is 27.6 Å². The van der Waals surface area contributed by atoms with Crippen LogP contribution in [-0.4, -0.2) is 33.6 Å². The van der Waals surface area contributed by atoms with Gasteiger partial charge in [-0.05, 0) is 59.7 Å². The average Bonchev–Trinajstić information content (AvgIpc) is 4.06. The van der Waals surface area contributed by atoms with Crippen molar-refractivity contribution in [2.45, 2.75) is 0 Å². The maximum Gasteiger partial charge on any atom is 0.238 e. The lowest BCUT2D eigenvalue weighted by Crippen LogP contribution is -2.07. The van der Waals surface area contributed by atoms with E-state index in [0.29, 0.717) is 17.6 Å². The summed E-state index contributed by atoms with van der Waals surface area (Å²) in [6.07, 6.45) is 0. The van der Waals surface area contributed by atoms with Crippen LogP contribution >= 0.6 is 0 Å². The van der Waals surface area contributed by atoms with E-state index in [9.17, 15) is 0 Å². The fourth-order valence-corrected chi connectivity index (χ4v) is 9.61. The highest BCUT2D eigenvalue weighted by atomic mass is 15.2. The van der Waals surface area contributed by atoms with E-state index in [1.165, 1.54) is 0 Å². The maximum absolute atomic E-state index is 5.59. The second-order valence-corrected chi connectivity index (χ2v) is 16.3. The third-order valence-corrected chi connectivity index (χ3v) is 12.5. The van der Waals surface area contributed by atoms with Gasteiger partial charge in [-0.15, -0.1) is 0 Å². The van der Waals surface area contributed by atoms with Crippen LogP contribution in [0.5, 0.6) is 0 Å². The Morgan fingerprint density at radius 2 is 0.769 bits per heavy atom. The first-order valence-corrected chi connectivity index (χ1v) is 21.8. The monoisotopic (exact) mass is 831 g/mol. The van der Waals surface area contributed by atoms with Crippen LogP contribution in [0, 0.1) is 0 Å². The van der Waals surface area contributed by atoms with E-state index in [4.69, 9.17) is 19.9 Å². The predicted octanol–water partition coefficient (Wildman–Crippen LogP) is 14.1. The molecule has 0 aliphatic heterocycles.